The highest BCUT2D eigenvalue weighted by molar-refractivity contribution is 5.92. The van der Waals surface area contributed by atoms with Gasteiger partial charge in [0.25, 0.3) is 0 Å². The van der Waals surface area contributed by atoms with E-state index in [1.807, 2.05) is 4.90 Å². The highest BCUT2D eigenvalue weighted by Gasteiger charge is 2.35. The van der Waals surface area contributed by atoms with E-state index in [0.717, 1.165) is 12.1 Å². The predicted molar refractivity (Wildman–Crippen MR) is 97.6 cm³/mol. The van der Waals surface area contributed by atoms with Crippen LogP contribution in [0.5, 0.6) is 0 Å². The number of nitrogens with one attached hydrogen (secondary N) is 1. The molecule has 10 heteroatoms. The van der Waals surface area contributed by atoms with Crippen molar-refractivity contribution in [1.29, 1.82) is 5.26 Å². The third-order valence-electron chi connectivity index (χ3n) is 4.52. The zero-order chi connectivity index (χ0) is 21.0. The summed E-state index contributed by atoms with van der Waals surface area (Å²) in [7, 11) is 0. The lowest BCUT2D eigenvalue weighted by Gasteiger charge is -2.35. The van der Waals surface area contributed by atoms with Crippen LogP contribution in [-0.4, -0.2) is 48.5 Å². The minimum absolute atomic E-state index is 0.0865. The smallest absolute Gasteiger partial charge is 0.353 e. The molecule has 29 heavy (non-hydrogen) atoms. The van der Waals surface area contributed by atoms with Gasteiger partial charge in [0.15, 0.2) is 5.82 Å². The van der Waals surface area contributed by atoms with Gasteiger partial charge < -0.3 is 10.2 Å². The first-order chi connectivity index (χ1) is 13.8. The summed E-state index contributed by atoms with van der Waals surface area (Å²) in [6, 6.07) is 8.19. The number of halogens is 4. The minimum Gasteiger partial charge on any atom is -0.353 e. The van der Waals surface area contributed by atoms with Crippen LogP contribution in [0.25, 0.3) is 0 Å². The van der Waals surface area contributed by atoms with Crippen molar-refractivity contribution in [2.45, 2.75) is 6.18 Å². The summed E-state index contributed by atoms with van der Waals surface area (Å²) in [4.78, 5) is 20.1. The van der Waals surface area contributed by atoms with Gasteiger partial charge in [-0.15, -0.1) is 0 Å². The highest BCUT2D eigenvalue weighted by atomic mass is 19.4. The van der Waals surface area contributed by atoms with Gasteiger partial charge in [0.05, 0.1) is 23.4 Å². The molecule has 1 saturated heterocycles. The Morgan fingerprint density at radius 2 is 1.90 bits per heavy atom. The number of carbonyl (C=O) groups excluding carboxylic acids is 1. The molecule has 2 heterocycles. The van der Waals surface area contributed by atoms with Crippen LogP contribution < -0.4 is 10.2 Å². The quantitative estimate of drug-likeness (QED) is 0.790. The van der Waals surface area contributed by atoms with Gasteiger partial charge in [0.1, 0.15) is 11.9 Å². The number of hydrogen-bond acceptors (Lipinski definition) is 5. The van der Waals surface area contributed by atoms with Crippen LogP contribution in [-0.2, 0) is 11.0 Å². The molecule has 0 aliphatic carbocycles. The van der Waals surface area contributed by atoms with Crippen molar-refractivity contribution in [2.24, 2.45) is 0 Å². The van der Waals surface area contributed by atoms with Crippen LogP contribution in [0, 0.1) is 17.1 Å². The Bertz CT molecular complexity index is 933. The van der Waals surface area contributed by atoms with E-state index in [0.29, 0.717) is 43.6 Å². The molecule has 0 saturated carbocycles. The molecule has 2 aromatic rings. The number of rotatable bonds is 4. The summed E-state index contributed by atoms with van der Waals surface area (Å²) in [5.74, 6) is -1.53. The number of aromatic nitrogens is 1. The molecule has 0 atom stereocenters. The van der Waals surface area contributed by atoms with E-state index >= 15 is 0 Å². The maximum Gasteiger partial charge on any atom is 0.419 e. The van der Waals surface area contributed by atoms with Gasteiger partial charge in [-0.25, -0.2) is 9.37 Å². The van der Waals surface area contributed by atoms with E-state index in [9.17, 15) is 27.6 Å². The van der Waals surface area contributed by atoms with Gasteiger partial charge in [-0.1, -0.05) is 6.07 Å². The zero-order valence-corrected chi connectivity index (χ0v) is 15.2. The number of anilines is 2. The molecular formula is C19H17F4N5O. The maximum absolute atomic E-state index is 14.0. The topological polar surface area (TPSA) is 72.3 Å². The molecule has 1 fully saturated rings. The lowest BCUT2D eigenvalue weighted by Crippen LogP contribution is -2.49. The number of amides is 1. The number of benzene rings is 1. The summed E-state index contributed by atoms with van der Waals surface area (Å²) in [6.45, 7) is 1.94. The van der Waals surface area contributed by atoms with Crippen molar-refractivity contribution in [2.75, 3.05) is 42.9 Å². The predicted octanol–water partition coefficient (Wildman–Crippen LogP) is 2.87. The largest absolute Gasteiger partial charge is 0.419 e. The Morgan fingerprint density at radius 3 is 2.55 bits per heavy atom. The molecule has 0 radical (unpaired) electrons. The molecule has 1 aliphatic heterocycles. The van der Waals surface area contributed by atoms with Crippen LogP contribution in [0.3, 0.4) is 0 Å². The number of nitrogens with zero attached hydrogens (tertiary/aromatic N) is 4. The maximum atomic E-state index is 14.0. The summed E-state index contributed by atoms with van der Waals surface area (Å²) in [6.07, 6.45) is -3.24. The Kier molecular flexibility index (Phi) is 5.98. The highest BCUT2D eigenvalue weighted by Crippen LogP contribution is 2.33. The molecule has 0 bridgehead atoms. The number of nitriles is 1. The SMILES string of the molecule is N#Cc1cccnc1N1CCN(CC(=O)Nc2cccc(C(F)(F)F)c2F)CC1. The van der Waals surface area contributed by atoms with E-state index in [1.54, 1.807) is 23.2 Å². The molecule has 1 aliphatic rings. The normalized spacial score (nSPS) is 15.1. The van der Waals surface area contributed by atoms with Crippen molar-refractivity contribution in [3.63, 3.8) is 0 Å². The molecule has 1 amide bonds. The molecule has 1 N–H and O–H groups in total. The van der Waals surface area contributed by atoms with E-state index in [1.165, 1.54) is 0 Å². The Hall–Kier alpha value is -3.19. The Balaban J connectivity index is 1.58. The third-order valence-corrected chi connectivity index (χ3v) is 4.52. The van der Waals surface area contributed by atoms with Crippen molar-refractivity contribution < 1.29 is 22.4 Å². The fourth-order valence-electron chi connectivity index (χ4n) is 3.09. The van der Waals surface area contributed by atoms with Crippen LogP contribution in [0.1, 0.15) is 11.1 Å². The van der Waals surface area contributed by atoms with Gasteiger partial charge in [-0.05, 0) is 24.3 Å². The van der Waals surface area contributed by atoms with E-state index in [-0.39, 0.29) is 6.54 Å². The van der Waals surface area contributed by atoms with Crippen molar-refractivity contribution in [1.82, 2.24) is 9.88 Å². The summed E-state index contributed by atoms with van der Waals surface area (Å²) < 4.78 is 52.4. The first-order valence-corrected chi connectivity index (χ1v) is 8.77. The molecular weight excluding hydrogens is 390 g/mol. The van der Waals surface area contributed by atoms with Gasteiger partial charge in [-0.2, -0.15) is 18.4 Å². The fraction of sp³-hybridized carbons (Fsp3) is 0.316. The average molecular weight is 407 g/mol. The van der Waals surface area contributed by atoms with Gasteiger partial charge in [0.2, 0.25) is 5.91 Å². The number of carbonyl (C=O) groups is 1. The molecule has 1 aromatic heterocycles. The van der Waals surface area contributed by atoms with Crippen LogP contribution >= 0.6 is 0 Å². The van der Waals surface area contributed by atoms with Gasteiger partial charge >= 0.3 is 6.18 Å². The molecule has 152 valence electrons. The summed E-state index contributed by atoms with van der Waals surface area (Å²) >= 11 is 0. The number of piperazine rings is 1. The summed E-state index contributed by atoms with van der Waals surface area (Å²) in [5, 5.41) is 11.4. The number of pyridine rings is 1. The first-order valence-electron chi connectivity index (χ1n) is 8.77. The lowest BCUT2D eigenvalue weighted by molar-refractivity contribution is -0.140. The van der Waals surface area contributed by atoms with E-state index in [4.69, 9.17) is 0 Å². The van der Waals surface area contributed by atoms with Crippen molar-refractivity contribution in [3.05, 3.63) is 53.5 Å². The van der Waals surface area contributed by atoms with Crippen molar-refractivity contribution in [3.8, 4) is 6.07 Å². The van der Waals surface area contributed by atoms with Crippen LogP contribution in [0.2, 0.25) is 0 Å². The molecule has 1 aromatic carbocycles. The van der Waals surface area contributed by atoms with Crippen molar-refractivity contribution >= 4 is 17.4 Å². The monoisotopic (exact) mass is 407 g/mol. The fourth-order valence-corrected chi connectivity index (χ4v) is 3.09. The molecule has 0 spiro atoms. The van der Waals surface area contributed by atoms with Crippen LogP contribution in [0.15, 0.2) is 36.5 Å². The average Bonchev–Trinajstić information content (AvgIpc) is 2.69. The second kappa shape index (κ2) is 8.45. The van der Waals surface area contributed by atoms with Gasteiger partial charge in [-0.3, -0.25) is 9.69 Å². The van der Waals surface area contributed by atoms with Crippen LogP contribution in [0.4, 0.5) is 29.1 Å². The van der Waals surface area contributed by atoms with E-state index in [2.05, 4.69) is 16.4 Å². The zero-order valence-electron chi connectivity index (χ0n) is 15.2. The number of hydrogen-bond donors (Lipinski definition) is 1. The standard InChI is InChI=1S/C19H17F4N5O/c20-17-14(19(21,22)23)4-1-5-15(17)26-16(29)12-27-7-9-28(10-8-27)18-13(11-24)3-2-6-25-18/h1-6H,7-10,12H2,(H,26,29). The lowest BCUT2D eigenvalue weighted by atomic mass is 10.1. The Labute approximate surface area is 164 Å². The molecule has 0 unspecified atom stereocenters. The summed E-state index contributed by atoms with van der Waals surface area (Å²) in [5.41, 5.74) is -1.47. The first kappa shape index (κ1) is 20.5. The van der Waals surface area contributed by atoms with E-state index < -0.39 is 29.2 Å². The number of alkyl halides is 3. The minimum atomic E-state index is -4.84. The molecule has 6 nitrogen and oxygen atoms in total. The molecule has 3 rings (SSSR count). The third kappa shape index (κ3) is 4.81. The Morgan fingerprint density at radius 1 is 1.17 bits per heavy atom. The second-order valence-corrected chi connectivity index (χ2v) is 6.46. The van der Waals surface area contributed by atoms with Gasteiger partial charge in [0, 0.05) is 32.4 Å². The second-order valence-electron chi connectivity index (χ2n) is 6.46.